The van der Waals surface area contributed by atoms with Crippen molar-refractivity contribution in [3.05, 3.63) is 0 Å². The van der Waals surface area contributed by atoms with Gasteiger partial charge in [0, 0.05) is 26.2 Å². The van der Waals surface area contributed by atoms with E-state index >= 15 is 0 Å². The smallest absolute Gasteiger partial charge is 0.309 e. The fourth-order valence-electron chi connectivity index (χ4n) is 2.74. The summed E-state index contributed by atoms with van der Waals surface area (Å²) in [5.41, 5.74) is -0.685. The molecule has 2 N–H and O–H groups in total. The molecule has 3 heterocycles. The molecule has 3 rings (SSSR count). The maximum atomic E-state index is 11.2. The van der Waals surface area contributed by atoms with E-state index < -0.39 is 11.4 Å². The molecule has 3 aliphatic rings. The minimum absolute atomic E-state index is 0.108. The summed E-state index contributed by atoms with van der Waals surface area (Å²) in [6, 6.07) is 0. The van der Waals surface area contributed by atoms with Gasteiger partial charge < -0.3 is 20.2 Å². The lowest BCUT2D eigenvalue weighted by molar-refractivity contribution is -0.150. The van der Waals surface area contributed by atoms with E-state index in [0.29, 0.717) is 12.8 Å². The van der Waals surface area contributed by atoms with E-state index in [1.165, 1.54) is 0 Å². The first-order chi connectivity index (χ1) is 8.53. The molecule has 0 unspecified atom stereocenters. The molecule has 6 nitrogen and oxygen atoms in total. The zero-order chi connectivity index (χ0) is 12.8. The predicted molar refractivity (Wildman–Crippen MR) is 65.3 cm³/mol. The van der Waals surface area contributed by atoms with Crippen LogP contribution in [0.25, 0.3) is 0 Å². The molecule has 2 saturated heterocycles. The summed E-state index contributed by atoms with van der Waals surface area (Å²) in [5, 5.41) is 16.6. The van der Waals surface area contributed by atoms with Crippen molar-refractivity contribution in [1.82, 2.24) is 10.2 Å². The number of piperidine rings is 1. The van der Waals surface area contributed by atoms with Gasteiger partial charge in [-0.05, 0) is 19.8 Å². The average Bonchev–Trinajstić information content (AvgIpc) is 2.75. The minimum atomic E-state index is -0.688. The summed E-state index contributed by atoms with van der Waals surface area (Å²) in [7, 11) is 0. The van der Waals surface area contributed by atoms with Crippen LogP contribution in [0.4, 0.5) is 0 Å². The number of nitrogens with one attached hydrogen (secondary N) is 1. The Morgan fingerprint density at radius 2 is 2.11 bits per heavy atom. The Morgan fingerprint density at radius 3 is 2.56 bits per heavy atom. The number of hydrogen-bond donors (Lipinski definition) is 2. The molecule has 0 radical (unpaired) electrons. The molecule has 1 spiro atoms. The summed E-state index contributed by atoms with van der Waals surface area (Å²) < 4.78 is 0. The molecular formula is C12H19N3O3. The first-order valence-corrected chi connectivity index (χ1v) is 6.47. The Balaban J connectivity index is 1.59. The summed E-state index contributed by atoms with van der Waals surface area (Å²) in [4.78, 5) is 18.9. The van der Waals surface area contributed by atoms with Crippen LogP contribution in [0.1, 0.15) is 26.2 Å². The van der Waals surface area contributed by atoms with Gasteiger partial charge in [0.2, 0.25) is 0 Å². The van der Waals surface area contributed by atoms with Gasteiger partial charge in [0.1, 0.15) is 5.84 Å². The number of nitrogens with zero attached hydrogens (tertiary/aromatic N) is 2. The van der Waals surface area contributed by atoms with Crippen molar-refractivity contribution >= 4 is 11.8 Å². The van der Waals surface area contributed by atoms with Crippen molar-refractivity contribution in [3.8, 4) is 0 Å². The molecule has 0 amide bonds. The van der Waals surface area contributed by atoms with Crippen LogP contribution in [0, 0.1) is 5.41 Å². The van der Waals surface area contributed by atoms with E-state index in [4.69, 9.17) is 4.84 Å². The predicted octanol–water partition coefficient (Wildman–Crippen LogP) is 0.249. The summed E-state index contributed by atoms with van der Waals surface area (Å²) in [6.07, 6.45) is 2.20. The molecule has 18 heavy (non-hydrogen) atoms. The van der Waals surface area contributed by atoms with Crippen LogP contribution in [-0.2, 0) is 9.63 Å². The number of aliphatic carboxylic acids is 1. The molecule has 0 aromatic carbocycles. The van der Waals surface area contributed by atoms with Crippen molar-refractivity contribution in [2.75, 3.05) is 26.2 Å². The Bertz CT molecular complexity index is 395. The molecule has 0 aromatic heterocycles. The number of carboxylic acids is 1. The van der Waals surface area contributed by atoms with Gasteiger partial charge in [0.25, 0.3) is 0 Å². The van der Waals surface area contributed by atoms with E-state index in [0.717, 1.165) is 38.4 Å². The highest BCUT2D eigenvalue weighted by Crippen LogP contribution is 2.34. The lowest BCUT2D eigenvalue weighted by Gasteiger charge is -2.39. The number of carboxylic acid groups (broad SMARTS) is 1. The second kappa shape index (κ2) is 3.85. The van der Waals surface area contributed by atoms with Crippen LogP contribution in [0.5, 0.6) is 0 Å². The molecule has 6 heteroatoms. The third-order valence-corrected chi connectivity index (χ3v) is 4.47. The zero-order valence-electron chi connectivity index (χ0n) is 10.6. The Kier molecular flexibility index (Phi) is 2.52. The van der Waals surface area contributed by atoms with Crippen LogP contribution >= 0.6 is 0 Å². The molecule has 3 aliphatic heterocycles. The SMILES string of the molecule is CC1(C(=O)O)CCN(C2=NOC3(CNC3)C2)CC1. The average molecular weight is 253 g/mol. The topological polar surface area (TPSA) is 74.2 Å². The van der Waals surface area contributed by atoms with Crippen LogP contribution in [-0.4, -0.2) is 53.6 Å². The highest BCUT2D eigenvalue weighted by Gasteiger charge is 2.47. The van der Waals surface area contributed by atoms with Crippen LogP contribution in [0.2, 0.25) is 0 Å². The van der Waals surface area contributed by atoms with E-state index in [2.05, 4.69) is 15.4 Å². The van der Waals surface area contributed by atoms with Gasteiger partial charge in [0.15, 0.2) is 5.60 Å². The van der Waals surface area contributed by atoms with Gasteiger partial charge in [-0.3, -0.25) is 4.79 Å². The summed E-state index contributed by atoms with van der Waals surface area (Å²) in [5.74, 6) is 0.301. The van der Waals surface area contributed by atoms with E-state index in [-0.39, 0.29) is 5.60 Å². The second-order valence-electron chi connectivity index (χ2n) is 5.92. The maximum Gasteiger partial charge on any atom is 0.309 e. The Labute approximate surface area is 106 Å². The van der Waals surface area contributed by atoms with Crippen molar-refractivity contribution in [1.29, 1.82) is 0 Å². The monoisotopic (exact) mass is 253 g/mol. The number of carbonyl (C=O) groups is 1. The lowest BCUT2D eigenvalue weighted by Crippen LogP contribution is -2.60. The van der Waals surface area contributed by atoms with Gasteiger partial charge in [-0.25, -0.2) is 0 Å². The highest BCUT2D eigenvalue weighted by atomic mass is 16.7. The van der Waals surface area contributed by atoms with Crippen molar-refractivity contribution in [2.45, 2.75) is 31.8 Å². The third-order valence-electron chi connectivity index (χ3n) is 4.47. The normalized spacial score (nSPS) is 28.5. The molecule has 0 bridgehead atoms. The Hall–Kier alpha value is -1.30. The quantitative estimate of drug-likeness (QED) is 0.700. The number of oxime groups is 1. The van der Waals surface area contributed by atoms with Crippen LogP contribution < -0.4 is 5.32 Å². The molecule has 0 saturated carbocycles. The Morgan fingerprint density at radius 1 is 1.44 bits per heavy atom. The van der Waals surface area contributed by atoms with E-state index in [1.807, 2.05) is 6.92 Å². The van der Waals surface area contributed by atoms with Gasteiger partial charge in [0.05, 0.1) is 11.8 Å². The molecule has 2 fully saturated rings. The zero-order valence-corrected chi connectivity index (χ0v) is 10.6. The largest absolute Gasteiger partial charge is 0.481 e. The molecule has 100 valence electrons. The van der Waals surface area contributed by atoms with Crippen LogP contribution in [0.15, 0.2) is 5.16 Å². The maximum absolute atomic E-state index is 11.2. The standard InChI is InChI=1S/C12H19N3O3/c1-11(10(16)17)2-4-15(5-3-11)9-6-12(18-14-9)7-13-8-12/h13H,2-8H2,1H3,(H,16,17). The summed E-state index contributed by atoms with van der Waals surface area (Å²) in [6.45, 7) is 5.07. The second-order valence-corrected chi connectivity index (χ2v) is 5.92. The summed E-state index contributed by atoms with van der Waals surface area (Å²) >= 11 is 0. The number of amidine groups is 1. The fourth-order valence-corrected chi connectivity index (χ4v) is 2.74. The van der Waals surface area contributed by atoms with Crippen molar-refractivity contribution in [2.24, 2.45) is 10.6 Å². The molecular weight excluding hydrogens is 234 g/mol. The number of hydrogen-bond acceptors (Lipinski definition) is 5. The van der Waals surface area contributed by atoms with Crippen molar-refractivity contribution in [3.63, 3.8) is 0 Å². The molecule has 0 aromatic rings. The van der Waals surface area contributed by atoms with Crippen LogP contribution in [0.3, 0.4) is 0 Å². The first-order valence-electron chi connectivity index (χ1n) is 6.47. The molecule has 0 atom stereocenters. The van der Waals surface area contributed by atoms with Gasteiger partial charge in [-0.2, -0.15) is 0 Å². The van der Waals surface area contributed by atoms with Gasteiger partial charge in [-0.1, -0.05) is 5.16 Å². The van der Waals surface area contributed by atoms with Crippen molar-refractivity contribution < 1.29 is 14.7 Å². The number of likely N-dealkylation sites (tertiary alicyclic amines) is 1. The third kappa shape index (κ3) is 1.75. The number of rotatable bonds is 1. The van der Waals surface area contributed by atoms with Gasteiger partial charge in [-0.15, -0.1) is 0 Å². The van der Waals surface area contributed by atoms with E-state index in [9.17, 15) is 9.90 Å². The highest BCUT2D eigenvalue weighted by molar-refractivity contribution is 5.85. The van der Waals surface area contributed by atoms with Gasteiger partial charge >= 0.3 is 5.97 Å². The lowest BCUT2D eigenvalue weighted by atomic mass is 9.80. The minimum Gasteiger partial charge on any atom is -0.481 e. The molecule has 0 aliphatic carbocycles. The first kappa shape index (κ1) is 11.8. The fraction of sp³-hybridized carbons (Fsp3) is 0.833. The van der Waals surface area contributed by atoms with E-state index in [1.54, 1.807) is 0 Å².